The number of benzene rings is 12. The third-order valence-corrected chi connectivity index (χ3v) is 20.6. The number of aryl methyl sites for hydroxylation is 1. The van der Waals surface area contributed by atoms with Gasteiger partial charge in [-0.1, -0.05) is 257 Å². The largest absolute Gasteiger partial charge is 0.181 e. The smallest absolute Gasteiger partial charge is 0.0654 e. The van der Waals surface area contributed by atoms with Crippen molar-refractivity contribution in [1.29, 1.82) is 0 Å². The quantitative estimate of drug-likeness (QED) is 0.0525. The molecule has 69 heavy (non-hydrogen) atoms. The molecule has 0 atom stereocenters. The zero-order valence-electron chi connectivity index (χ0n) is 39.3. The van der Waals surface area contributed by atoms with Crippen LogP contribution < -0.4 is 20.7 Å². The van der Waals surface area contributed by atoms with Crippen molar-refractivity contribution in [1.82, 2.24) is 0 Å². The maximum absolute atomic E-state index is 2.93. The van der Waals surface area contributed by atoms with Crippen molar-refractivity contribution >= 4 is 93.5 Å². The van der Waals surface area contributed by atoms with Gasteiger partial charge in [0.05, 0.1) is 0 Å². The van der Waals surface area contributed by atoms with Crippen molar-refractivity contribution in [2.45, 2.75) is 51.9 Å². The Morgan fingerprint density at radius 1 is 0.319 bits per heavy atom. The molecule has 1 aliphatic rings. The first-order valence-corrected chi connectivity index (χ1v) is 27.3. The molecule has 0 saturated heterocycles. The van der Waals surface area contributed by atoms with Gasteiger partial charge < -0.3 is 0 Å². The fourth-order valence-electron chi connectivity index (χ4n) is 12.7. The van der Waals surface area contributed by atoms with E-state index < -0.39 is 8.07 Å². The van der Waals surface area contributed by atoms with Crippen LogP contribution in [0.1, 0.15) is 51.0 Å². The summed E-state index contributed by atoms with van der Waals surface area (Å²) in [5.41, 5.74) is 9.42. The summed E-state index contributed by atoms with van der Waals surface area (Å²) in [5, 5.41) is 21.6. The molecular weight excluding hydrogens is 845 g/mol. The minimum absolute atomic E-state index is 1.10. The molecule has 0 aromatic heterocycles. The molecule has 0 bridgehead atoms. The highest BCUT2D eigenvalue weighted by molar-refractivity contribution is 7.23. The van der Waals surface area contributed by atoms with Gasteiger partial charge in [-0.15, -0.1) is 0 Å². The van der Waals surface area contributed by atoms with Gasteiger partial charge in [0.25, 0.3) is 0 Å². The highest BCUT2D eigenvalue weighted by atomic mass is 28.3. The fraction of sp³-hybridized carbons (Fsp3) is 0.118. The molecule has 0 fully saturated rings. The summed E-state index contributed by atoms with van der Waals surface area (Å²) < 4.78 is 0. The van der Waals surface area contributed by atoms with Crippen molar-refractivity contribution in [3.8, 4) is 33.4 Å². The molecule has 1 aliphatic heterocycles. The molecular formula is C68H54Si. The van der Waals surface area contributed by atoms with Crippen LogP contribution in [0, 0.1) is 0 Å². The molecule has 0 saturated carbocycles. The topological polar surface area (TPSA) is 0 Å². The van der Waals surface area contributed by atoms with E-state index in [0.29, 0.717) is 0 Å². The Bertz CT molecular complexity index is 3840. The molecule has 0 aliphatic carbocycles. The standard InChI is InChI=1S/C68H54Si/c1-2-3-4-5-6-9-23-46-26-22-37-60-63(46)44-48-25-15-17-32-53(48)66(60)67-58-35-20-18-33-56(58)65(57-34-19-21-36-59(57)67)49-39-40-55-62-43-42-54-52-31-16-14-24-47(52)38-41-61(54)68(62)69(64(55)45-49,50-27-10-7-11-28-50)51-29-12-8-13-30-51/h7-8,10-22,24-45H,2-6,9,23H2,1H3. The van der Waals surface area contributed by atoms with Crippen molar-refractivity contribution < 1.29 is 0 Å². The molecule has 1 heteroatoms. The van der Waals surface area contributed by atoms with Crippen molar-refractivity contribution in [3.05, 3.63) is 230 Å². The first-order chi connectivity index (χ1) is 34.2. The molecule has 0 nitrogen and oxygen atoms in total. The summed E-state index contributed by atoms with van der Waals surface area (Å²) in [5.74, 6) is 0. The Labute approximate surface area is 406 Å². The third kappa shape index (κ3) is 6.55. The number of hydrogen-bond donors (Lipinski definition) is 0. The summed E-state index contributed by atoms with van der Waals surface area (Å²) in [4.78, 5) is 0. The van der Waals surface area contributed by atoms with Crippen LogP contribution in [-0.4, -0.2) is 8.07 Å². The summed E-state index contributed by atoms with van der Waals surface area (Å²) >= 11 is 0. The van der Waals surface area contributed by atoms with Gasteiger partial charge in [-0.3, -0.25) is 0 Å². The van der Waals surface area contributed by atoms with E-state index in [9.17, 15) is 0 Å². The first kappa shape index (κ1) is 41.6. The Balaban J connectivity index is 1.08. The molecule has 0 spiro atoms. The minimum Gasteiger partial charge on any atom is -0.0654 e. The molecule has 12 aromatic rings. The Morgan fingerprint density at radius 3 is 1.54 bits per heavy atom. The van der Waals surface area contributed by atoms with Gasteiger partial charge in [0.1, 0.15) is 0 Å². The van der Waals surface area contributed by atoms with E-state index in [4.69, 9.17) is 0 Å². The second-order valence-corrected chi connectivity index (χ2v) is 23.1. The summed E-state index contributed by atoms with van der Waals surface area (Å²) in [6.45, 7) is 2.30. The second kappa shape index (κ2) is 17.2. The molecule has 1 heterocycles. The predicted molar refractivity (Wildman–Crippen MR) is 302 cm³/mol. The lowest BCUT2D eigenvalue weighted by Crippen LogP contribution is -2.73. The molecule has 0 radical (unpaired) electrons. The number of rotatable bonds is 11. The summed E-state index contributed by atoms with van der Waals surface area (Å²) in [6.07, 6.45) is 8.90. The number of hydrogen-bond acceptors (Lipinski definition) is 0. The summed E-state index contributed by atoms with van der Waals surface area (Å²) in [6, 6.07) is 86.3. The number of fused-ring (bicyclic) bond motifs is 11. The van der Waals surface area contributed by atoms with Crippen molar-refractivity contribution in [2.75, 3.05) is 0 Å². The SMILES string of the molecule is CCCCCCCCc1cccc2c(-c3c4ccccc4c(-c4ccc5c(c4)[Si](c4ccccc4)(c4ccccc4)c4c-5ccc5c4ccc4ccccc45)c4ccccc34)c3ccccc3cc12. The van der Waals surface area contributed by atoms with E-state index in [-0.39, 0.29) is 0 Å². The van der Waals surface area contributed by atoms with Crippen LogP contribution >= 0.6 is 0 Å². The van der Waals surface area contributed by atoms with E-state index in [2.05, 4.69) is 231 Å². The molecule has 0 N–H and O–H groups in total. The monoisotopic (exact) mass is 898 g/mol. The zero-order valence-corrected chi connectivity index (χ0v) is 40.3. The van der Waals surface area contributed by atoms with Gasteiger partial charge in [-0.2, -0.15) is 0 Å². The van der Waals surface area contributed by atoms with Crippen molar-refractivity contribution in [3.63, 3.8) is 0 Å². The van der Waals surface area contributed by atoms with Gasteiger partial charge in [-0.25, -0.2) is 0 Å². The molecule has 12 aromatic carbocycles. The first-order valence-electron chi connectivity index (χ1n) is 25.3. The van der Waals surface area contributed by atoms with Gasteiger partial charge in [0.15, 0.2) is 8.07 Å². The van der Waals surface area contributed by atoms with Gasteiger partial charge >= 0.3 is 0 Å². The Kier molecular flexibility index (Phi) is 10.4. The lowest BCUT2D eigenvalue weighted by Gasteiger charge is -2.32. The summed E-state index contributed by atoms with van der Waals surface area (Å²) in [7, 11) is -2.93. The van der Waals surface area contributed by atoms with Crippen LogP contribution in [0.15, 0.2) is 224 Å². The van der Waals surface area contributed by atoms with Crippen LogP contribution in [-0.2, 0) is 6.42 Å². The zero-order chi connectivity index (χ0) is 45.9. The minimum atomic E-state index is -2.93. The molecule has 330 valence electrons. The van der Waals surface area contributed by atoms with E-state index in [1.165, 1.54) is 163 Å². The second-order valence-electron chi connectivity index (χ2n) is 19.5. The third-order valence-electron chi connectivity index (χ3n) is 15.7. The van der Waals surface area contributed by atoms with Crippen LogP contribution in [0.4, 0.5) is 0 Å². The maximum atomic E-state index is 2.63. The fourth-order valence-corrected chi connectivity index (χ4v) is 18.1. The van der Waals surface area contributed by atoms with Crippen molar-refractivity contribution in [2.24, 2.45) is 0 Å². The predicted octanol–water partition coefficient (Wildman–Crippen LogP) is 16.2. The van der Waals surface area contributed by atoms with Gasteiger partial charge in [0.2, 0.25) is 0 Å². The van der Waals surface area contributed by atoms with E-state index in [1.54, 1.807) is 0 Å². The van der Waals surface area contributed by atoms with E-state index in [0.717, 1.165) is 6.42 Å². The van der Waals surface area contributed by atoms with Crippen LogP contribution in [0.5, 0.6) is 0 Å². The molecule has 0 unspecified atom stereocenters. The van der Waals surface area contributed by atoms with Gasteiger partial charge in [-0.05, 0) is 143 Å². The van der Waals surface area contributed by atoms with Gasteiger partial charge in [0, 0.05) is 0 Å². The van der Waals surface area contributed by atoms with Crippen LogP contribution in [0.3, 0.4) is 0 Å². The average Bonchev–Trinajstić information content (AvgIpc) is 3.72. The highest BCUT2D eigenvalue weighted by Crippen LogP contribution is 2.48. The highest BCUT2D eigenvalue weighted by Gasteiger charge is 2.50. The number of unbranched alkanes of at least 4 members (excludes halogenated alkanes) is 5. The molecule has 13 rings (SSSR count). The lowest BCUT2D eigenvalue weighted by molar-refractivity contribution is 0.608. The van der Waals surface area contributed by atoms with Crippen LogP contribution in [0.25, 0.3) is 98.0 Å². The maximum Gasteiger partial charge on any atom is 0.181 e. The Morgan fingerprint density at radius 2 is 0.841 bits per heavy atom. The normalized spacial score (nSPS) is 12.9. The van der Waals surface area contributed by atoms with E-state index >= 15 is 0 Å². The Hall–Kier alpha value is -7.58. The van der Waals surface area contributed by atoms with E-state index in [1.807, 2.05) is 0 Å². The average molecular weight is 899 g/mol. The molecule has 0 amide bonds. The van der Waals surface area contributed by atoms with Crippen LogP contribution in [0.2, 0.25) is 0 Å². The lowest BCUT2D eigenvalue weighted by atomic mass is 9.82.